The number of rotatable bonds is 8. The van der Waals surface area contributed by atoms with Crippen molar-refractivity contribution in [3.05, 3.63) is 41.5 Å². The van der Waals surface area contributed by atoms with E-state index in [1.807, 2.05) is 12.1 Å². The molecule has 0 fully saturated rings. The number of nitrogens with zero attached hydrogens (tertiary/aromatic N) is 3. The molecule has 0 saturated heterocycles. The summed E-state index contributed by atoms with van der Waals surface area (Å²) in [5.74, 6) is 5.19. The molecule has 0 saturated carbocycles. The molecule has 0 unspecified atom stereocenters. The van der Waals surface area contributed by atoms with Crippen LogP contribution in [-0.4, -0.2) is 33.1 Å². The summed E-state index contributed by atoms with van der Waals surface area (Å²) in [7, 11) is 1.47. The fourth-order valence-electron chi connectivity index (χ4n) is 3.54. The summed E-state index contributed by atoms with van der Waals surface area (Å²) < 4.78 is 5.28. The van der Waals surface area contributed by atoms with E-state index < -0.39 is 5.91 Å². The number of nitrogens with one attached hydrogen (secondary N) is 1. The van der Waals surface area contributed by atoms with Crippen LogP contribution in [0.3, 0.4) is 0 Å². The maximum absolute atomic E-state index is 12.0. The highest BCUT2D eigenvalue weighted by molar-refractivity contribution is 6.00. The largest absolute Gasteiger partial charge is 0.506 e. The molecule has 8 nitrogen and oxygen atoms in total. The van der Waals surface area contributed by atoms with Gasteiger partial charge in [-0.3, -0.25) is 10.2 Å². The number of unbranched alkanes of at least 4 members (excludes halogenated alkanes) is 2. The maximum atomic E-state index is 12.0. The highest BCUT2D eigenvalue weighted by Gasteiger charge is 2.23. The number of aromatic nitrogens is 3. The number of carbonyl (C=O) groups is 1. The summed E-state index contributed by atoms with van der Waals surface area (Å²) in [5, 5.41) is 19.4. The number of ether oxygens (including phenoxy) is 1. The van der Waals surface area contributed by atoms with Crippen LogP contribution >= 0.6 is 0 Å². The molecule has 0 aliphatic carbocycles. The Labute approximate surface area is 176 Å². The van der Waals surface area contributed by atoms with Gasteiger partial charge >= 0.3 is 0 Å². The fourth-order valence-corrected chi connectivity index (χ4v) is 3.54. The van der Waals surface area contributed by atoms with Crippen LogP contribution in [0, 0.1) is 0 Å². The lowest BCUT2D eigenvalue weighted by molar-refractivity contribution is 0.0950. The third-order valence-electron chi connectivity index (χ3n) is 5.45. The number of phenolic OH excluding ortho intramolecular Hbond substituents is 1. The molecule has 0 spiro atoms. The minimum Gasteiger partial charge on any atom is -0.506 e. The van der Waals surface area contributed by atoms with Crippen LogP contribution in [0.25, 0.3) is 16.7 Å². The number of methoxy groups -OCH3 is 1. The second-order valence-corrected chi connectivity index (χ2v) is 8.05. The van der Waals surface area contributed by atoms with Crippen LogP contribution in [0.1, 0.15) is 62.4 Å². The first-order chi connectivity index (χ1) is 14.3. The molecule has 3 aromatic rings. The number of nitrogens with two attached hydrogens (primary N) is 1. The normalized spacial score (nSPS) is 11.6. The zero-order chi connectivity index (χ0) is 21.9. The van der Waals surface area contributed by atoms with Gasteiger partial charge in [-0.25, -0.2) is 5.84 Å². The van der Waals surface area contributed by atoms with E-state index in [2.05, 4.69) is 36.4 Å². The third-order valence-corrected chi connectivity index (χ3v) is 5.45. The van der Waals surface area contributed by atoms with E-state index in [-0.39, 0.29) is 16.7 Å². The van der Waals surface area contributed by atoms with Crippen molar-refractivity contribution in [3.8, 4) is 17.2 Å². The Morgan fingerprint density at radius 2 is 1.90 bits per heavy atom. The average Bonchev–Trinajstić information content (AvgIpc) is 3.15. The van der Waals surface area contributed by atoms with Gasteiger partial charge in [0.15, 0.2) is 0 Å². The number of aromatic hydroxyl groups is 1. The van der Waals surface area contributed by atoms with E-state index in [1.165, 1.54) is 24.7 Å². The van der Waals surface area contributed by atoms with Crippen LogP contribution in [0.5, 0.6) is 11.5 Å². The molecule has 0 aliphatic heterocycles. The smallest absolute Gasteiger partial charge is 0.269 e. The zero-order valence-electron chi connectivity index (χ0n) is 17.9. The van der Waals surface area contributed by atoms with E-state index in [0.29, 0.717) is 22.5 Å². The molecule has 4 N–H and O–H groups in total. The standard InChI is InChI=1S/C22H29N5O3/c1-5-6-7-10-22(2,3)14-8-9-19(28)18(11-14)27-25-16-12-15(21(29)24-23)20(30-4)13-17(16)26-27/h8-9,11-13,28H,5-7,10,23H2,1-4H3,(H,24,29). The van der Waals surface area contributed by atoms with Gasteiger partial charge in [-0.2, -0.15) is 0 Å². The maximum Gasteiger partial charge on any atom is 0.269 e. The Kier molecular flexibility index (Phi) is 6.26. The predicted octanol–water partition coefficient (Wildman–Crippen LogP) is 3.60. The van der Waals surface area contributed by atoms with Crippen molar-refractivity contribution in [1.82, 2.24) is 20.4 Å². The van der Waals surface area contributed by atoms with Gasteiger partial charge in [0, 0.05) is 6.07 Å². The van der Waals surface area contributed by atoms with Gasteiger partial charge in [-0.15, -0.1) is 15.0 Å². The molecule has 0 atom stereocenters. The van der Waals surface area contributed by atoms with Crippen LogP contribution in [-0.2, 0) is 5.41 Å². The number of carbonyl (C=O) groups excluding carboxylic acids is 1. The summed E-state index contributed by atoms with van der Waals surface area (Å²) in [4.78, 5) is 13.4. The zero-order valence-corrected chi connectivity index (χ0v) is 17.9. The van der Waals surface area contributed by atoms with Gasteiger partial charge in [0.05, 0.1) is 12.7 Å². The molecule has 1 amide bonds. The number of benzene rings is 2. The highest BCUT2D eigenvalue weighted by atomic mass is 16.5. The first kappa shape index (κ1) is 21.6. The third kappa shape index (κ3) is 4.23. The van der Waals surface area contributed by atoms with Gasteiger partial charge in [0.25, 0.3) is 5.91 Å². The van der Waals surface area contributed by atoms with Crippen molar-refractivity contribution in [2.24, 2.45) is 5.84 Å². The fraction of sp³-hybridized carbons (Fsp3) is 0.409. The van der Waals surface area contributed by atoms with E-state index in [4.69, 9.17) is 10.6 Å². The lowest BCUT2D eigenvalue weighted by atomic mass is 9.80. The molecular weight excluding hydrogens is 382 g/mol. The second-order valence-electron chi connectivity index (χ2n) is 8.05. The monoisotopic (exact) mass is 411 g/mol. The van der Waals surface area contributed by atoms with Crippen LogP contribution in [0.4, 0.5) is 0 Å². The van der Waals surface area contributed by atoms with Crippen molar-refractivity contribution in [2.75, 3.05) is 7.11 Å². The lowest BCUT2D eigenvalue weighted by Gasteiger charge is -2.26. The first-order valence-corrected chi connectivity index (χ1v) is 10.1. The summed E-state index contributed by atoms with van der Waals surface area (Å²) in [6, 6.07) is 8.73. The van der Waals surface area contributed by atoms with Gasteiger partial charge in [-0.1, -0.05) is 46.1 Å². The van der Waals surface area contributed by atoms with Crippen LogP contribution in [0.2, 0.25) is 0 Å². The Morgan fingerprint density at radius 3 is 2.53 bits per heavy atom. The van der Waals surface area contributed by atoms with Crippen LogP contribution in [0.15, 0.2) is 30.3 Å². The molecule has 8 heteroatoms. The highest BCUT2D eigenvalue weighted by Crippen LogP contribution is 2.34. The minimum atomic E-state index is -0.484. The molecule has 3 rings (SSSR count). The van der Waals surface area contributed by atoms with Crippen molar-refractivity contribution in [3.63, 3.8) is 0 Å². The van der Waals surface area contributed by atoms with E-state index >= 15 is 0 Å². The molecule has 160 valence electrons. The van der Waals surface area contributed by atoms with Gasteiger partial charge in [0.1, 0.15) is 28.2 Å². The molecule has 1 heterocycles. The lowest BCUT2D eigenvalue weighted by Crippen LogP contribution is -2.30. The Hall–Kier alpha value is -3.13. The van der Waals surface area contributed by atoms with Gasteiger partial charge in [-0.05, 0) is 35.6 Å². The predicted molar refractivity (Wildman–Crippen MR) is 116 cm³/mol. The number of hydrogen-bond donors (Lipinski definition) is 3. The number of hydrogen-bond acceptors (Lipinski definition) is 6. The average molecular weight is 412 g/mol. The minimum absolute atomic E-state index is 0.0419. The van der Waals surface area contributed by atoms with E-state index in [9.17, 15) is 9.90 Å². The summed E-state index contributed by atoms with van der Waals surface area (Å²) in [6.07, 6.45) is 4.57. The summed E-state index contributed by atoms with van der Waals surface area (Å²) >= 11 is 0. The van der Waals surface area contributed by atoms with E-state index in [0.717, 1.165) is 18.4 Å². The molecule has 1 aromatic heterocycles. The van der Waals surface area contributed by atoms with Gasteiger partial charge < -0.3 is 9.84 Å². The molecular formula is C22H29N5O3. The summed E-state index contributed by atoms with van der Waals surface area (Å²) in [6.45, 7) is 6.60. The SMILES string of the molecule is CCCCCC(C)(C)c1ccc(O)c(-n2nc3cc(OC)c(C(=O)NN)cc3n2)c1. The van der Waals surface area contributed by atoms with Crippen molar-refractivity contribution in [2.45, 2.75) is 51.9 Å². The van der Waals surface area contributed by atoms with E-state index in [1.54, 1.807) is 18.2 Å². The second kappa shape index (κ2) is 8.71. The summed E-state index contributed by atoms with van der Waals surface area (Å²) in [5.41, 5.74) is 4.93. The molecule has 0 bridgehead atoms. The van der Waals surface area contributed by atoms with Crippen molar-refractivity contribution < 1.29 is 14.6 Å². The van der Waals surface area contributed by atoms with Crippen molar-refractivity contribution in [1.29, 1.82) is 0 Å². The number of hydrazine groups is 1. The Balaban J connectivity index is 2.04. The molecule has 30 heavy (non-hydrogen) atoms. The number of amides is 1. The van der Waals surface area contributed by atoms with Crippen molar-refractivity contribution >= 4 is 16.9 Å². The Morgan fingerprint density at radius 1 is 1.20 bits per heavy atom. The first-order valence-electron chi connectivity index (χ1n) is 10.1. The Bertz CT molecular complexity index is 1060. The molecule has 0 radical (unpaired) electrons. The number of phenols is 1. The number of nitrogen functional groups attached to an aromatic ring is 1. The van der Waals surface area contributed by atoms with Crippen LogP contribution < -0.4 is 16.0 Å². The van der Waals surface area contributed by atoms with Gasteiger partial charge in [0.2, 0.25) is 0 Å². The number of fused-ring (bicyclic) bond motifs is 1. The molecule has 0 aliphatic rings. The quantitative estimate of drug-likeness (QED) is 0.226. The molecule has 2 aromatic carbocycles. The topological polar surface area (TPSA) is 115 Å².